The fourth-order valence-corrected chi connectivity index (χ4v) is 1.84. The number of halogens is 2. The zero-order valence-corrected chi connectivity index (χ0v) is 16.0. The lowest BCUT2D eigenvalue weighted by Crippen LogP contribution is -2.39. The van der Waals surface area contributed by atoms with E-state index in [4.69, 9.17) is 5.73 Å². The molecule has 1 aromatic carbocycles. The van der Waals surface area contributed by atoms with Gasteiger partial charge in [0.1, 0.15) is 0 Å². The largest absolute Gasteiger partial charge is 0.350 e. The van der Waals surface area contributed by atoms with E-state index in [1.165, 1.54) is 5.56 Å². The Morgan fingerprint density at radius 2 is 1.67 bits per heavy atom. The van der Waals surface area contributed by atoms with Crippen molar-refractivity contribution in [3.05, 3.63) is 35.4 Å². The Labute approximate surface area is 156 Å². The van der Waals surface area contributed by atoms with E-state index in [1.54, 1.807) is 0 Å². The van der Waals surface area contributed by atoms with Crippen LogP contribution in [0, 0.1) is 0 Å². The molecular weight excluding hydrogens is 351 g/mol. The van der Waals surface area contributed by atoms with Gasteiger partial charge in [-0.2, -0.15) is 0 Å². The van der Waals surface area contributed by atoms with Gasteiger partial charge in [0.25, 0.3) is 0 Å². The summed E-state index contributed by atoms with van der Waals surface area (Å²) < 4.78 is 0. The summed E-state index contributed by atoms with van der Waals surface area (Å²) in [6, 6.07) is 8.47. The highest BCUT2D eigenvalue weighted by Crippen LogP contribution is 2.12. The van der Waals surface area contributed by atoms with Gasteiger partial charge in [0.2, 0.25) is 11.8 Å². The molecule has 0 heterocycles. The van der Waals surface area contributed by atoms with Crippen molar-refractivity contribution in [3.8, 4) is 0 Å². The molecule has 0 atom stereocenters. The molecule has 6 nitrogen and oxygen atoms in total. The molecule has 0 fully saturated rings. The summed E-state index contributed by atoms with van der Waals surface area (Å²) in [4.78, 5) is 24.9. The number of benzene rings is 1. The van der Waals surface area contributed by atoms with Gasteiger partial charge in [-0.25, -0.2) is 0 Å². The van der Waals surface area contributed by atoms with Crippen LogP contribution in [-0.4, -0.2) is 42.9 Å². The Morgan fingerprint density at radius 1 is 1.08 bits per heavy atom. The van der Waals surface area contributed by atoms with Gasteiger partial charge in [-0.1, -0.05) is 24.3 Å². The Balaban J connectivity index is 0. The smallest absolute Gasteiger partial charge is 0.239 e. The molecule has 1 aromatic rings. The first-order valence-corrected chi connectivity index (χ1v) is 7.44. The van der Waals surface area contributed by atoms with Gasteiger partial charge in [0.15, 0.2) is 0 Å². The van der Waals surface area contributed by atoms with Gasteiger partial charge in [0, 0.05) is 19.1 Å². The van der Waals surface area contributed by atoms with Crippen LogP contribution in [-0.2, 0) is 22.7 Å². The summed E-state index contributed by atoms with van der Waals surface area (Å²) in [5.74, 6) is -0.567. The van der Waals surface area contributed by atoms with Crippen molar-refractivity contribution in [3.63, 3.8) is 0 Å². The Morgan fingerprint density at radius 3 is 2.21 bits per heavy atom. The second kappa shape index (κ2) is 13.0. The van der Waals surface area contributed by atoms with Crippen molar-refractivity contribution in [1.82, 2.24) is 15.5 Å². The SMILES string of the molecule is CC(C)N(C)Cc1ccccc1CNC(=O)CNC(=O)CN.Cl.Cl. The molecule has 8 heteroatoms. The van der Waals surface area contributed by atoms with E-state index >= 15 is 0 Å². The molecule has 138 valence electrons. The second-order valence-corrected chi connectivity index (χ2v) is 5.54. The average Bonchev–Trinajstić information content (AvgIpc) is 2.51. The van der Waals surface area contributed by atoms with Gasteiger partial charge in [-0.05, 0) is 32.0 Å². The van der Waals surface area contributed by atoms with Crippen LogP contribution in [0.3, 0.4) is 0 Å². The van der Waals surface area contributed by atoms with Crippen molar-refractivity contribution in [1.29, 1.82) is 0 Å². The number of amides is 2. The third-order valence-electron chi connectivity index (χ3n) is 3.53. The molecule has 0 radical (unpaired) electrons. The molecule has 2 amide bonds. The molecule has 24 heavy (non-hydrogen) atoms. The average molecular weight is 379 g/mol. The van der Waals surface area contributed by atoms with Gasteiger partial charge < -0.3 is 16.4 Å². The molecule has 0 saturated carbocycles. The Hall–Kier alpha value is -1.34. The number of hydrogen-bond acceptors (Lipinski definition) is 4. The lowest BCUT2D eigenvalue weighted by Gasteiger charge is -2.22. The Kier molecular flexibility index (Phi) is 13.5. The van der Waals surface area contributed by atoms with Crippen molar-refractivity contribution >= 4 is 36.6 Å². The van der Waals surface area contributed by atoms with Crippen molar-refractivity contribution in [2.24, 2.45) is 5.73 Å². The first kappa shape index (κ1) is 24.9. The van der Waals surface area contributed by atoms with Crippen LogP contribution in [0.4, 0.5) is 0 Å². The van der Waals surface area contributed by atoms with E-state index < -0.39 is 0 Å². The van der Waals surface area contributed by atoms with E-state index in [-0.39, 0.29) is 49.7 Å². The zero-order chi connectivity index (χ0) is 16.5. The first-order valence-electron chi connectivity index (χ1n) is 7.44. The van der Waals surface area contributed by atoms with E-state index in [0.29, 0.717) is 12.6 Å². The van der Waals surface area contributed by atoms with E-state index in [2.05, 4.69) is 42.5 Å². The normalized spacial score (nSPS) is 9.92. The van der Waals surface area contributed by atoms with Gasteiger partial charge in [-0.15, -0.1) is 24.8 Å². The molecule has 1 rings (SSSR count). The second-order valence-electron chi connectivity index (χ2n) is 5.54. The summed E-state index contributed by atoms with van der Waals surface area (Å²) in [6.45, 7) is 5.39. The fraction of sp³-hybridized carbons (Fsp3) is 0.500. The van der Waals surface area contributed by atoms with Crippen LogP contribution in [0.1, 0.15) is 25.0 Å². The van der Waals surface area contributed by atoms with Crippen LogP contribution < -0.4 is 16.4 Å². The third-order valence-corrected chi connectivity index (χ3v) is 3.53. The highest BCUT2D eigenvalue weighted by atomic mass is 35.5. The number of hydrogen-bond donors (Lipinski definition) is 3. The quantitative estimate of drug-likeness (QED) is 0.631. The number of nitrogens with two attached hydrogens (primary N) is 1. The fourth-order valence-electron chi connectivity index (χ4n) is 1.84. The van der Waals surface area contributed by atoms with Crippen molar-refractivity contribution < 1.29 is 9.59 Å². The minimum Gasteiger partial charge on any atom is -0.350 e. The predicted octanol–water partition coefficient (Wildman–Crippen LogP) is 1.06. The molecule has 0 aliphatic carbocycles. The summed E-state index contributed by atoms with van der Waals surface area (Å²) in [5.41, 5.74) is 7.43. The molecule has 0 bridgehead atoms. The minimum atomic E-state index is -0.339. The molecule has 0 spiro atoms. The van der Waals surface area contributed by atoms with E-state index in [0.717, 1.165) is 12.1 Å². The third kappa shape index (κ3) is 9.08. The summed E-state index contributed by atoms with van der Waals surface area (Å²) in [6.07, 6.45) is 0. The molecule has 0 unspecified atom stereocenters. The summed E-state index contributed by atoms with van der Waals surface area (Å²) in [7, 11) is 2.07. The van der Waals surface area contributed by atoms with Crippen molar-refractivity contribution in [2.75, 3.05) is 20.1 Å². The van der Waals surface area contributed by atoms with Gasteiger partial charge in [0.05, 0.1) is 13.1 Å². The monoisotopic (exact) mass is 378 g/mol. The van der Waals surface area contributed by atoms with Gasteiger partial charge >= 0.3 is 0 Å². The first-order chi connectivity index (χ1) is 10.4. The molecule has 0 aliphatic rings. The molecule has 0 aliphatic heterocycles. The van der Waals surface area contributed by atoms with E-state index in [1.807, 2.05) is 18.2 Å². The molecule has 0 aromatic heterocycles. The van der Waals surface area contributed by atoms with Crippen LogP contribution >= 0.6 is 24.8 Å². The minimum absolute atomic E-state index is 0. The zero-order valence-electron chi connectivity index (χ0n) is 14.4. The van der Waals surface area contributed by atoms with Crippen LogP contribution in [0.2, 0.25) is 0 Å². The number of nitrogens with zero attached hydrogens (tertiary/aromatic N) is 1. The number of nitrogens with one attached hydrogen (secondary N) is 2. The lowest BCUT2D eigenvalue weighted by molar-refractivity contribution is -0.125. The number of carbonyl (C=O) groups excluding carboxylic acids is 2. The number of carbonyl (C=O) groups is 2. The summed E-state index contributed by atoms with van der Waals surface area (Å²) >= 11 is 0. The highest BCUT2D eigenvalue weighted by molar-refractivity contribution is 5.86. The maximum Gasteiger partial charge on any atom is 0.239 e. The standard InChI is InChI=1S/C16H26N4O2.2ClH/c1-12(2)20(3)11-14-7-5-4-6-13(14)9-18-16(22)10-19-15(21)8-17;;/h4-7,12H,8-11,17H2,1-3H3,(H,18,22)(H,19,21);2*1H. The van der Waals surface area contributed by atoms with E-state index in [9.17, 15) is 9.59 Å². The number of rotatable bonds is 8. The van der Waals surface area contributed by atoms with Crippen LogP contribution in [0.5, 0.6) is 0 Å². The summed E-state index contributed by atoms with van der Waals surface area (Å²) in [5, 5.41) is 5.25. The molecule has 0 saturated heterocycles. The highest BCUT2D eigenvalue weighted by Gasteiger charge is 2.09. The molecular formula is C16H28Cl2N4O2. The predicted molar refractivity (Wildman–Crippen MR) is 101 cm³/mol. The Bertz CT molecular complexity index is 513. The lowest BCUT2D eigenvalue weighted by atomic mass is 10.1. The maximum atomic E-state index is 11.7. The molecule has 4 N–H and O–H groups in total. The van der Waals surface area contributed by atoms with Crippen LogP contribution in [0.15, 0.2) is 24.3 Å². The van der Waals surface area contributed by atoms with Gasteiger partial charge in [-0.3, -0.25) is 14.5 Å². The van der Waals surface area contributed by atoms with Crippen LogP contribution in [0.25, 0.3) is 0 Å². The van der Waals surface area contributed by atoms with Crippen molar-refractivity contribution in [2.45, 2.75) is 33.0 Å². The maximum absolute atomic E-state index is 11.7. The topological polar surface area (TPSA) is 87.5 Å².